The lowest BCUT2D eigenvalue weighted by Crippen LogP contribution is -2.15. The van der Waals surface area contributed by atoms with Gasteiger partial charge >= 0.3 is 0 Å². The van der Waals surface area contributed by atoms with Gasteiger partial charge in [0.25, 0.3) is 10.0 Å². The monoisotopic (exact) mass is 326 g/mol. The SMILES string of the molecule is Cc1n[nH]c(C)c1NS(=O)(=O)c1csc(CNC2CC2)c1. The van der Waals surface area contributed by atoms with Gasteiger partial charge in [-0.05, 0) is 32.8 Å². The number of aryl methyl sites for hydroxylation is 2. The molecular weight excluding hydrogens is 308 g/mol. The van der Waals surface area contributed by atoms with Crippen molar-refractivity contribution in [2.75, 3.05) is 4.72 Å². The highest BCUT2D eigenvalue weighted by Crippen LogP contribution is 2.25. The summed E-state index contributed by atoms with van der Waals surface area (Å²) >= 11 is 1.46. The second-order valence-electron chi connectivity index (χ2n) is 5.32. The first-order valence-electron chi connectivity index (χ1n) is 6.81. The molecule has 3 rings (SSSR count). The molecule has 0 atom stereocenters. The van der Waals surface area contributed by atoms with Gasteiger partial charge in [0.05, 0.1) is 22.0 Å². The lowest BCUT2D eigenvalue weighted by Gasteiger charge is -2.06. The van der Waals surface area contributed by atoms with Crippen LogP contribution in [0.1, 0.15) is 29.1 Å². The Morgan fingerprint density at radius 3 is 2.81 bits per heavy atom. The molecule has 6 nitrogen and oxygen atoms in total. The molecule has 21 heavy (non-hydrogen) atoms. The number of anilines is 1. The fourth-order valence-corrected chi connectivity index (χ4v) is 4.43. The molecule has 2 aromatic rings. The average molecular weight is 326 g/mol. The van der Waals surface area contributed by atoms with Crippen LogP contribution in [0.4, 0.5) is 5.69 Å². The molecule has 0 aliphatic heterocycles. The number of aromatic nitrogens is 2. The number of thiophene rings is 1. The average Bonchev–Trinajstić information content (AvgIpc) is 3.06. The van der Waals surface area contributed by atoms with Crippen LogP contribution in [0.3, 0.4) is 0 Å². The summed E-state index contributed by atoms with van der Waals surface area (Å²) in [7, 11) is -3.56. The molecule has 1 saturated carbocycles. The zero-order valence-corrected chi connectivity index (χ0v) is 13.6. The van der Waals surface area contributed by atoms with Gasteiger partial charge in [-0.15, -0.1) is 11.3 Å². The number of nitrogens with zero attached hydrogens (tertiary/aromatic N) is 1. The molecule has 0 amide bonds. The molecule has 0 unspecified atom stereocenters. The Morgan fingerprint density at radius 1 is 1.43 bits per heavy atom. The van der Waals surface area contributed by atoms with E-state index in [1.807, 2.05) is 0 Å². The van der Waals surface area contributed by atoms with E-state index in [1.165, 1.54) is 24.2 Å². The Hall–Kier alpha value is -1.38. The van der Waals surface area contributed by atoms with E-state index in [1.54, 1.807) is 25.3 Å². The zero-order valence-electron chi connectivity index (χ0n) is 11.9. The molecule has 2 heterocycles. The van der Waals surface area contributed by atoms with Crippen molar-refractivity contribution in [1.29, 1.82) is 0 Å². The lowest BCUT2D eigenvalue weighted by molar-refractivity contribution is 0.601. The third kappa shape index (κ3) is 3.28. The molecule has 8 heteroatoms. The van der Waals surface area contributed by atoms with Gasteiger partial charge in [0.2, 0.25) is 0 Å². The Kier molecular flexibility index (Phi) is 3.76. The highest BCUT2D eigenvalue weighted by molar-refractivity contribution is 7.92. The molecule has 0 spiro atoms. The van der Waals surface area contributed by atoms with Crippen molar-refractivity contribution in [2.45, 2.75) is 44.2 Å². The molecule has 0 bridgehead atoms. The van der Waals surface area contributed by atoms with Gasteiger partial charge in [-0.3, -0.25) is 9.82 Å². The van der Waals surface area contributed by atoms with Crippen LogP contribution in [0.15, 0.2) is 16.3 Å². The second-order valence-corrected chi connectivity index (χ2v) is 8.00. The quantitative estimate of drug-likeness (QED) is 0.759. The molecule has 0 radical (unpaired) electrons. The molecule has 114 valence electrons. The molecule has 2 aromatic heterocycles. The van der Waals surface area contributed by atoms with E-state index >= 15 is 0 Å². The molecule has 1 fully saturated rings. The summed E-state index contributed by atoms with van der Waals surface area (Å²) in [5.41, 5.74) is 1.88. The van der Waals surface area contributed by atoms with Gasteiger partial charge < -0.3 is 5.32 Å². The fraction of sp³-hybridized carbons (Fsp3) is 0.462. The first-order chi connectivity index (χ1) is 9.95. The van der Waals surface area contributed by atoms with Crippen LogP contribution in [0.2, 0.25) is 0 Å². The Labute approximate surface area is 128 Å². The van der Waals surface area contributed by atoms with Crippen molar-refractivity contribution in [2.24, 2.45) is 0 Å². The van der Waals surface area contributed by atoms with Crippen LogP contribution in [-0.2, 0) is 16.6 Å². The summed E-state index contributed by atoms with van der Waals surface area (Å²) in [5.74, 6) is 0. The largest absolute Gasteiger partial charge is 0.309 e. The van der Waals surface area contributed by atoms with E-state index in [0.717, 1.165) is 11.4 Å². The fourth-order valence-electron chi connectivity index (χ4n) is 2.02. The van der Waals surface area contributed by atoms with Crippen LogP contribution >= 0.6 is 11.3 Å². The maximum Gasteiger partial charge on any atom is 0.262 e. The van der Waals surface area contributed by atoms with Crippen molar-refractivity contribution in [3.63, 3.8) is 0 Å². The first-order valence-corrected chi connectivity index (χ1v) is 9.17. The summed E-state index contributed by atoms with van der Waals surface area (Å²) in [5, 5.41) is 11.8. The Balaban J connectivity index is 1.74. The zero-order chi connectivity index (χ0) is 15.0. The Bertz CT molecular complexity index is 725. The van der Waals surface area contributed by atoms with Crippen LogP contribution in [0.5, 0.6) is 0 Å². The molecule has 1 aliphatic rings. The second kappa shape index (κ2) is 5.43. The third-order valence-corrected chi connectivity index (χ3v) is 5.86. The molecule has 3 N–H and O–H groups in total. The predicted octanol–water partition coefficient (Wildman–Crippen LogP) is 2.14. The minimum Gasteiger partial charge on any atom is -0.309 e. The van der Waals surface area contributed by atoms with Gasteiger partial charge in [-0.2, -0.15) is 5.10 Å². The lowest BCUT2D eigenvalue weighted by atomic mass is 10.3. The summed E-state index contributed by atoms with van der Waals surface area (Å²) in [4.78, 5) is 1.34. The number of nitrogens with one attached hydrogen (secondary N) is 3. The van der Waals surface area contributed by atoms with E-state index in [4.69, 9.17) is 0 Å². The minimum atomic E-state index is -3.56. The topological polar surface area (TPSA) is 86.9 Å². The van der Waals surface area contributed by atoms with Gasteiger partial charge in [-0.1, -0.05) is 0 Å². The summed E-state index contributed by atoms with van der Waals surface area (Å²) < 4.78 is 27.4. The van der Waals surface area contributed by atoms with E-state index in [0.29, 0.717) is 28.0 Å². The van der Waals surface area contributed by atoms with Gasteiger partial charge in [0, 0.05) is 22.8 Å². The third-order valence-electron chi connectivity index (χ3n) is 3.45. The predicted molar refractivity (Wildman–Crippen MR) is 83.1 cm³/mol. The maximum absolute atomic E-state index is 12.4. The summed E-state index contributed by atoms with van der Waals surface area (Å²) in [6.45, 7) is 4.28. The van der Waals surface area contributed by atoms with Gasteiger partial charge in [-0.25, -0.2) is 8.42 Å². The van der Waals surface area contributed by atoms with Crippen LogP contribution < -0.4 is 10.0 Å². The van der Waals surface area contributed by atoms with Gasteiger partial charge in [0.1, 0.15) is 0 Å². The van der Waals surface area contributed by atoms with Gasteiger partial charge in [0.15, 0.2) is 0 Å². The van der Waals surface area contributed by atoms with E-state index in [9.17, 15) is 8.42 Å². The van der Waals surface area contributed by atoms with Crippen molar-refractivity contribution in [3.05, 3.63) is 27.7 Å². The van der Waals surface area contributed by atoms with Crippen molar-refractivity contribution in [3.8, 4) is 0 Å². The highest BCUT2D eigenvalue weighted by atomic mass is 32.2. The van der Waals surface area contributed by atoms with E-state index in [2.05, 4.69) is 20.2 Å². The van der Waals surface area contributed by atoms with Crippen molar-refractivity contribution in [1.82, 2.24) is 15.5 Å². The van der Waals surface area contributed by atoms with Crippen LogP contribution in [0, 0.1) is 13.8 Å². The normalized spacial score (nSPS) is 15.3. The number of rotatable bonds is 6. The molecular formula is C13H18N4O2S2. The van der Waals surface area contributed by atoms with Crippen LogP contribution in [-0.4, -0.2) is 24.7 Å². The number of hydrogen-bond donors (Lipinski definition) is 3. The molecule has 0 aromatic carbocycles. The Morgan fingerprint density at radius 2 is 2.19 bits per heavy atom. The summed E-state index contributed by atoms with van der Waals surface area (Å²) in [6, 6.07) is 2.34. The van der Waals surface area contributed by atoms with Crippen molar-refractivity contribution < 1.29 is 8.42 Å². The number of aromatic amines is 1. The molecule has 1 aliphatic carbocycles. The first kappa shape index (κ1) is 14.6. The number of sulfonamides is 1. The van der Waals surface area contributed by atoms with Crippen LogP contribution in [0.25, 0.3) is 0 Å². The maximum atomic E-state index is 12.4. The van der Waals surface area contributed by atoms with Crippen molar-refractivity contribution >= 4 is 27.0 Å². The minimum absolute atomic E-state index is 0.306. The molecule has 0 saturated heterocycles. The number of hydrogen-bond acceptors (Lipinski definition) is 5. The van der Waals surface area contributed by atoms with E-state index in [-0.39, 0.29) is 0 Å². The highest BCUT2D eigenvalue weighted by Gasteiger charge is 2.22. The summed E-state index contributed by atoms with van der Waals surface area (Å²) in [6.07, 6.45) is 2.44. The standard InChI is InChI=1S/C13H18N4O2S2/c1-8-13(9(2)16-15-8)17-21(18,19)12-5-11(20-7-12)6-14-10-3-4-10/h5,7,10,14,17H,3-4,6H2,1-2H3,(H,15,16). The van der Waals surface area contributed by atoms with E-state index < -0.39 is 10.0 Å². The smallest absolute Gasteiger partial charge is 0.262 e. The number of H-pyrrole nitrogens is 1.